The largest absolute Gasteiger partial charge is 0.430 e. The van der Waals surface area contributed by atoms with Gasteiger partial charge in [-0.15, -0.1) is 0 Å². The fourth-order valence-electron chi connectivity index (χ4n) is 2.80. The second kappa shape index (κ2) is 9.60. The van der Waals surface area contributed by atoms with Gasteiger partial charge >= 0.3 is 6.18 Å². The molecule has 160 valence electrons. The van der Waals surface area contributed by atoms with Crippen LogP contribution < -0.4 is 5.73 Å². The molecule has 0 bridgehead atoms. The fraction of sp³-hybridized carbons (Fsp3) is 0.0870. The van der Waals surface area contributed by atoms with Gasteiger partial charge in [0.25, 0.3) is 0 Å². The third-order valence-corrected chi connectivity index (χ3v) is 5.64. The molecule has 0 amide bonds. The first kappa shape index (κ1) is 22.9. The maximum atomic E-state index is 13.1. The van der Waals surface area contributed by atoms with E-state index in [1.807, 2.05) is 30.3 Å². The predicted molar refractivity (Wildman–Crippen MR) is 122 cm³/mol. The predicted octanol–water partition coefficient (Wildman–Crippen LogP) is 6.61. The first-order chi connectivity index (χ1) is 14.6. The Morgan fingerprint density at radius 1 is 1.00 bits per heavy atom. The second-order valence-electron chi connectivity index (χ2n) is 6.63. The van der Waals surface area contributed by atoms with Crippen LogP contribution in [0.25, 0.3) is 11.1 Å². The van der Waals surface area contributed by atoms with Gasteiger partial charge in [0.2, 0.25) is 0 Å². The number of hydrogen-bond donors (Lipinski definition) is 2. The highest BCUT2D eigenvalue weighted by molar-refractivity contribution is 7.90. The summed E-state index contributed by atoms with van der Waals surface area (Å²) in [6.45, 7) is 0. The van der Waals surface area contributed by atoms with E-state index in [1.165, 1.54) is 0 Å². The monoisotopic (exact) mass is 463 g/mol. The van der Waals surface area contributed by atoms with Crippen LogP contribution in [0.3, 0.4) is 0 Å². The maximum absolute atomic E-state index is 13.1. The SMILES string of the molecule is C[S+](O)c1cccc(-c2cccc(C(C=C(N)C(F)(F)F)=Nc3ccccc3Cl)c2)c1. The number of para-hydroxylation sites is 1. The van der Waals surface area contributed by atoms with E-state index in [9.17, 15) is 17.7 Å². The molecule has 0 heterocycles. The zero-order valence-corrected chi connectivity index (χ0v) is 18.0. The van der Waals surface area contributed by atoms with Crippen LogP contribution in [0.4, 0.5) is 18.9 Å². The number of allylic oxidation sites excluding steroid dienone is 2. The molecule has 31 heavy (non-hydrogen) atoms. The summed E-state index contributed by atoms with van der Waals surface area (Å²) >= 11 is 5.24. The summed E-state index contributed by atoms with van der Waals surface area (Å²) < 4.78 is 49.2. The summed E-state index contributed by atoms with van der Waals surface area (Å²) in [5.41, 5.74) is 6.39. The Kier molecular flexibility index (Phi) is 7.10. The molecule has 3 aromatic rings. The van der Waals surface area contributed by atoms with Gasteiger partial charge in [0.15, 0.2) is 16.1 Å². The first-order valence-electron chi connectivity index (χ1n) is 9.08. The quantitative estimate of drug-likeness (QED) is 0.330. The average molecular weight is 464 g/mol. The molecule has 1 atom stereocenters. The van der Waals surface area contributed by atoms with Gasteiger partial charge in [0.05, 0.1) is 16.4 Å². The van der Waals surface area contributed by atoms with Crippen LogP contribution in [0.5, 0.6) is 0 Å². The van der Waals surface area contributed by atoms with Gasteiger partial charge in [-0.2, -0.15) is 17.7 Å². The lowest BCUT2D eigenvalue weighted by molar-refractivity contribution is -0.0925. The fourth-order valence-corrected chi connectivity index (χ4v) is 3.55. The Morgan fingerprint density at radius 3 is 2.29 bits per heavy atom. The number of benzene rings is 3. The maximum Gasteiger partial charge on any atom is 0.430 e. The molecule has 3 nitrogen and oxygen atoms in total. The van der Waals surface area contributed by atoms with Crippen LogP contribution >= 0.6 is 11.6 Å². The normalized spacial score (nSPS) is 13.9. The van der Waals surface area contributed by atoms with Crippen molar-refractivity contribution in [2.24, 2.45) is 10.7 Å². The Labute approximate surface area is 186 Å². The van der Waals surface area contributed by atoms with Crippen LogP contribution in [-0.2, 0) is 11.2 Å². The highest BCUT2D eigenvalue weighted by atomic mass is 35.5. The lowest BCUT2D eigenvalue weighted by Gasteiger charge is -2.10. The summed E-state index contributed by atoms with van der Waals surface area (Å²) in [7, 11) is 0. The third kappa shape index (κ3) is 5.91. The van der Waals surface area contributed by atoms with E-state index < -0.39 is 23.0 Å². The molecule has 1 unspecified atom stereocenters. The molecule has 0 saturated carbocycles. The number of rotatable bonds is 5. The van der Waals surface area contributed by atoms with Crippen molar-refractivity contribution < 1.29 is 17.7 Å². The topological polar surface area (TPSA) is 58.6 Å². The standard InChI is InChI=1S/C23H19ClF3N2OS/c1-31(30)18-9-5-7-16(13-18)15-6-4-8-17(12-15)21(14-22(28)23(25,26)27)29-20-11-3-2-10-19(20)24/h2-14,30H,28H2,1H3/q+1. The minimum absolute atomic E-state index is 0.0262. The van der Waals surface area contributed by atoms with Gasteiger partial charge in [-0.3, -0.25) is 0 Å². The van der Waals surface area contributed by atoms with Crippen molar-refractivity contribution in [3.05, 3.63) is 95.2 Å². The molecule has 0 aliphatic carbocycles. The molecule has 0 fully saturated rings. The molecule has 3 rings (SSSR count). The smallest absolute Gasteiger partial charge is 0.395 e. The van der Waals surface area contributed by atoms with Crippen molar-refractivity contribution in [3.8, 4) is 11.1 Å². The second-order valence-corrected chi connectivity index (χ2v) is 8.47. The summed E-state index contributed by atoms with van der Waals surface area (Å²) in [6, 6.07) is 20.9. The number of hydrogen-bond acceptors (Lipinski definition) is 3. The molecule has 0 aliphatic rings. The van der Waals surface area contributed by atoms with E-state index in [0.29, 0.717) is 16.3 Å². The summed E-state index contributed by atoms with van der Waals surface area (Å²) in [5.74, 6) is 0. The van der Waals surface area contributed by atoms with E-state index >= 15 is 0 Å². The molecular weight excluding hydrogens is 445 g/mol. The molecule has 3 N–H and O–H groups in total. The van der Waals surface area contributed by atoms with Gasteiger partial charge in [-0.1, -0.05) is 54.1 Å². The molecule has 8 heteroatoms. The summed E-state index contributed by atoms with van der Waals surface area (Å²) in [4.78, 5) is 5.11. The molecule has 0 radical (unpaired) electrons. The van der Waals surface area contributed by atoms with Crippen LogP contribution in [0, 0.1) is 0 Å². The van der Waals surface area contributed by atoms with E-state index in [1.54, 1.807) is 48.7 Å². The Balaban J connectivity index is 2.13. The number of nitrogens with two attached hydrogens (primary N) is 1. The van der Waals surface area contributed by atoms with Crippen molar-refractivity contribution in [2.75, 3.05) is 6.26 Å². The minimum Gasteiger partial charge on any atom is -0.395 e. The Bertz CT molecular complexity index is 1140. The molecular formula is C23H19ClF3N2OS+. The van der Waals surface area contributed by atoms with E-state index in [4.69, 9.17) is 17.3 Å². The number of alkyl halides is 3. The molecule has 3 aromatic carbocycles. The van der Waals surface area contributed by atoms with Gasteiger partial charge < -0.3 is 5.73 Å². The van der Waals surface area contributed by atoms with Crippen LogP contribution in [0.1, 0.15) is 5.56 Å². The molecule has 0 aromatic heterocycles. The number of nitrogens with zero attached hydrogens (tertiary/aromatic N) is 1. The Morgan fingerprint density at radius 2 is 1.65 bits per heavy atom. The molecule has 0 saturated heterocycles. The van der Waals surface area contributed by atoms with Crippen LogP contribution in [0.2, 0.25) is 5.02 Å². The highest BCUT2D eigenvalue weighted by Gasteiger charge is 2.31. The molecule has 0 aliphatic heterocycles. The summed E-state index contributed by atoms with van der Waals surface area (Å²) in [5, 5.41) is 0.306. The van der Waals surface area contributed by atoms with E-state index in [2.05, 4.69) is 4.99 Å². The lowest BCUT2D eigenvalue weighted by Crippen LogP contribution is -2.20. The first-order valence-corrected chi connectivity index (χ1v) is 11.1. The molecule has 0 spiro atoms. The van der Waals surface area contributed by atoms with Crippen LogP contribution in [0.15, 0.2) is 94.5 Å². The van der Waals surface area contributed by atoms with E-state index in [-0.39, 0.29) is 5.71 Å². The number of halogens is 4. The van der Waals surface area contributed by atoms with Gasteiger partial charge in [-0.05, 0) is 41.5 Å². The Hall–Kier alpha value is -2.74. The average Bonchev–Trinajstić information content (AvgIpc) is 2.74. The zero-order valence-electron chi connectivity index (χ0n) is 16.4. The van der Waals surface area contributed by atoms with E-state index in [0.717, 1.165) is 22.1 Å². The van der Waals surface area contributed by atoms with Crippen LogP contribution in [-0.4, -0.2) is 22.7 Å². The van der Waals surface area contributed by atoms with Crippen molar-refractivity contribution in [1.82, 2.24) is 0 Å². The van der Waals surface area contributed by atoms with Crippen molar-refractivity contribution in [3.63, 3.8) is 0 Å². The van der Waals surface area contributed by atoms with Gasteiger partial charge in [0.1, 0.15) is 12.0 Å². The zero-order chi connectivity index (χ0) is 22.6. The van der Waals surface area contributed by atoms with Crippen molar-refractivity contribution >= 4 is 34.2 Å². The third-order valence-electron chi connectivity index (χ3n) is 4.38. The van der Waals surface area contributed by atoms with Gasteiger partial charge in [-0.25, -0.2) is 4.99 Å². The minimum atomic E-state index is -4.69. The lowest BCUT2D eigenvalue weighted by atomic mass is 10.0. The van der Waals surface area contributed by atoms with Crippen molar-refractivity contribution in [2.45, 2.75) is 11.1 Å². The van der Waals surface area contributed by atoms with Gasteiger partial charge in [0, 0.05) is 11.6 Å². The van der Waals surface area contributed by atoms with Crippen molar-refractivity contribution in [1.29, 1.82) is 0 Å². The number of aliphatic imine (C=N–C) groups is 1. The highest BCUT2D eigenvalue weighted by Crippen LogP contribution is 2.29. The summed E-state index contributed by atoms with van der Waals surface area (Å²) in [6.07, 6.45) is -2.20.